The SMILES string of the molecule is C/C=C/c1ccc(OCCOCCN2CCC[C@H](C)C2)c(OC)c1. The minimum absolute atomic E-state index is 0.537. The van der Waals surface area contributed by atoms with Crippen LogP contribution in [0.25, 0.3) is 6.08 Å². The van der Waals surface area contributed by atoms with Crippen LogP contribution >= 0.6 is 0 Å². The number of hydrogen-bond acceptors (Lipinski definition) is 4. The van der Waals surface area contributed by atoms with E-state index in [0.717, 1.165) is 36.1 Å². The van der Waals surface area contributed by atoms with Gasteiger partial charge in [-0.1, -0.05) is 25.1 Å². The Morgan fingerprint density at radius 2 is 2.08 bits per heavy atom. The van der Waals surface area contributed by atoms with E-state index in [9.17, 15) is 0 Å². The molecule has 0 spiro atoms. The van der Waals surface area contributed by atoms with Crippen LogP contribution in [0.5, 0.6) is 11.5 Å². The van der Waals surface area contributed by atoms with Crippen LogP contribution in [0.1, 0.15) is 32.3 Å². The molecule has 0 N–H and O–H groups in total. The monoisotopic (exact) mass is 333 g/mol. The van der Waals surface area contributed by atoms with Gasteiger partial charge in [-0.2, -0.15) is 0 Å². The zero-order valence-corrected chi connectivity index (χ0v) is 15.3. The summed E-state index contributed by atoms with van der Waals surface area (Å²) < 4.78 is 16.9. The van der Waals surface area contributed by atoms with Gasteiger partial charge in [0.2, 0.25) is 0 Å². The molecule has 1 aliphatic heterocycles. The Morgan fingerprint density at radius 1 is 1.21 bits per heavy atom. The second-order valence-corrected chi connectivity index (χ2v) is 6.42. The maximum atomic E-state index is 5.78. The van der Waals surface area contributed by atoms with Gasteiger partial charge in [-0.05, 0) is 49.9 Å². The summed E-state index contributed by atoms with van der Waals surface area (Å²) in [5.41, 5.74) is 1.11. The van der Waals surface area contributed by atoms with E-state index in [1.165, 1.54) is 25.9 Å². The molecule has 0 aliphatic carbocycles. The normalized spacial score (nSPS) is 18.9. The second-order valence-electron chi connectivity index (χ2n) is 6.42. The zero-order valence-electron chi connectivity index (χ0n) is 15.3. The molecule has 2 rings (SSSR count). The molecule has 0 radical (unpaired) electrons. The summed E-state index contributed by atoms with van der Waals surface area (Å²) in [5, 5.41) is 0. The maximum Gasteiger partial charge on any atom is 0.161 e. The lowest BCUT2D eigenvalue weighted by Gasteiger charge is -2.30. The van der Waals surface area contributed by atoms with Crippen molar-refractivity contribution in [2.75, 3.05) is 46.6 Å². The standard InChI is InChI=1S/C20H31NO3/c1-4-6-18-8-9-19(20(15-18)22-3)24-14-13-23-12-11-21-10-5-7-17(2)16-21/h4,6,8-9,15,17H,5,7,10-14,16H2,1-3H3/b6-4+/t17-/m0/s1. The van der Waals surface area contributed by atoms with Crippen molar-refractivity contribution in [3.8, 4) is 11.5 Å². The number of rotatable bonds is 9. The van der Waals surface area contributed by atoms with Crippen LogP contribution in [0.3, 0.4) is 0 Å². The Labute approximate surface area is 146 Å². The molecule has 0 amide bonds. The topological polar surface area (TPSA) is 30.9 Å². The van der Waals surface area contributed by atoms with Crippen molar-refractivity contribution in [2.45, 2.75) is 26.7 Å². The van der Waals surface area contributed by atoms with Gasteiger partial charge in [0.05, 0.1) is 20.3 Å². The van der Waals surface area contributed by atoms with Crippen molar-refractivity contribution in [3.63, 3.8) is 0 Å². The summed E-state index contributed by atoms with van der Waals surface area (Å²) in [6, 6.07) is 5.95. The maximum absolute atomic E-state index is 5.78. The molecule has 4 nitrogen and oxygen atoms in total. The highest BCUT2D eigenvalue weighted by atomic mass is 16.5. The lowest BCUT2D eigenvalue weighted by molar-refractivity contribution is 0.0683. The first-order valence-electron chi connectivity index (χ1n) is 8.96. The fraction of sp³-hybridized carbons (Fsp3) is 0.600. The number of likely N-dealkylation sites (tertiary alicyclic amines) is 1. The van der Waals surface area contributed by atoms with Crippen molar-refractivity contribution in [1.82, 2.24) is 4.90 Å². The molecule has 0 unspecified atom stereocenters. The van der Waals surface area contributed by atoms with Gasteiger partial charge in [0, 0.05) is 13.1 Å². The molecule has 1 atom stereocenters. The third-order valence-corrected chi connectivity index (χ3v) is 4.33. The zero-order chi connectivity index (χ0) is 17.2. The quantitative estimate of drug-likeness (QED) is 0.642. The first-order valence-corrected chi connectivity index (χ1v) is 8.96. The van der Waals surface area contributed by atoms with Crippen molar-refractivity contribution >= 4 is 6.08 Å². The summed E-state index contributed by atoms with van der Waals surface area (Å²) in [5.74, 6) is 2.34. The van der Waals surface area contributed by atoms with E-state index in [4.69, 9.17) is 14.2 Å². The molecule has 1 aliphatic rings. The Balaban J connectivity index is 1.65. The number of benzene rings is 1. The Bertz CT molecular complexity index is 516. The molecule has 4 heteroatoms. The number of allylic oxidation sites excluding steroid dienone is 1. The smallest absolute Gasteiger partial charge is 0.161 e. The highest BCUT2D eigenvalue weighted by Crippen LogP contribution is 2.28. The number of methoxy groups -OCH3 is 1. The number of nitrogens with zero attached hydrogens (tertiary/aromatic N) is 1. The number of ether oxygens (including phenoxy) is 3. The van der Waals surface area contributed by atoms with Crippen LogP contribution in [0.2, 0.25) is 0 Å². The third-order valence-electron chi connectivity index (χ3n) is 4.33. The molecule has 0 aromatic heterocycles. The minimum Gasteiger partial charge on any atom is -0.493 e. The van der Waals surface area contributed by atoms with E-state index in [1.54, 1.807) is 7.11 Å². The molecular weight excluding hydrogens is 302 g/mol. The lowest BCUT2D eigenvalue weighted by atomic mass is 10.0. The van der Waals surface area contributed by atoms with Gasteiger partial charge in [0.15, 0.2) is 11.5 Å². The highest BCUT2D eigenvalue weighted by molar-refractivity contribution is 5.55. The fourth-order valence-electron chi connectivity index (χ4n) is 3.10. The molecule has 0 saturated carbocycles. The van der Waals surface area contributed by atoms with Crippen LogP contribution in [0, 0.1) is 5.92 Å². The Kier molecular flexibility index (Phi) is 8.13. The number of hydrogen-bond donors (Lipinski definition) is 0. The van der Waals surface area contributed by atoms with Gasteiger partial charge in [0.1, 0.15) is 6.61 Å². The Morgan fingerprint density at radius 3 is 2.83 bits per heavy atom. The van der Waals surface area contributed by atoms with Crippen LogP contribution < -0.4 is 9.47 Å². The van der Waals surface area contributed by atoms with E-state index in [-0.39, 0.29) is 0 Å². The van der Waals surface area contributed by atoms with Crippen molar-refractivity contribution in [1.29, 1.82) is 0 Å². The van der Waals surface area contributed by atoms with E-state index in [1.807, 2.05) is 37.3 Å². The molecule has 1 fully saturated rings. The number of piperidine rings is 1. The molecule has 1 saturated heterocycles. The van der Waals surface area contributed by atoms with Gasteiger partial charge in [-0.3, -0.25) is 0 Å². The molecule has 0 bridgehead atoms. The van der Waals surface area contributed by atoms with Crippen molar-refractivity contribution in [2.24, 2.45) is 5.92 Å². The van der Waals surface area contributed by atoms with Gasteiger partial charge < -0.3 is 19.1 Å². The van der Waals surface area contributed by atoms with E-state index >= 15 is 0 Å². The highest BCUT2D eigenvalue weighted by Gasteiger charge is 2.15. The largest absolute Gasteiger partial charge is 0.493 e. The van der Waals surface area contributed by atoms with Crippen molar-refractivity contribution in [3.05, 3.63) is 29.8 Å². The van der Waals surface area contributed by atoms with E-state index < -0.39 is 0 Å². The van der Waals surface area contributed by atoms with Gasteiger partial charge in [0.25, 0.3) is 0 Å². The van der Waals surface area contributed by atoms with Crippen LogP contribution in [0.4, 0.5) is 0 Å². The summed E-state index contributed by atoms with van der Waals surface area (Å²) >= 11 is 0. The summed E-state index contributed by atoms with van der Waals surface area (Å²) in [6.45, 7) is 9.67. The predicted octanol–water partition coefficient (Wildman–Crippen LogP) is 3.86. The summed E-state index contributed by atoms with van der Waals surface area (Å²) in [7, 11) is 1.66. The first-order chi connectivity index (χ1) is 11.7. The van der Waals surface area contributed by atoms with Crippen LogP contribution in [0.15, 0.2) is 24.3 Å². The summed E-state index contributed by atoms with van der Waals surface area (Å²) in [4.78, 5) is 2.50. The molecule has 1 aromatic carbocycles. The minimum atomic E-state index is 0.537. The average Bonchev–Trinajstić information content (AvgIpc) is 2.59. The van der Waals surface area contributed by atoms with E-state index in [0.29, 0.717) is 13.2 Å². The Hall–Kier alpha value is -1.52. The average molecular weight is 333 g/mol. The van der Waals surface area contributed by atoms with Crippen LogP contribution in [-0.4, -0.2) is 51.5 Å². The van der Waals surface area contributed by atoms with E-state index in [2.05, 4.69) is 11.8 Å². The summed E-state index contributed by atoms with van der Waals surface area (Å²) in [6.07, 6.45) is 6.72. The molecule has 24 heavy (non-hydrogen) atoms. The lowest BCUT2D eigenvalue weighted by Crippen LogP contribution is -2.36. The molecular formula is C20H31NO3. The van der Waals surface area contributed by atoms with Gasteiger partial charge >= 0.3 is 0 Å². The fourth-order valence-corrected chi connectivity index (χ4v) is 3.10. The van der Waals surface area contributed by atoms with Gasteiger partial charge in [-0.15, -0.1) is 0 Å². The first kappa shape index (κ1) is 18.8. The molecule has 1 aromatic rings. The predicted molar refractivity (Wildman–Crippen MR) is 98.9 cm³/mol. The van der Waals surface area contributed by atoms with Crippen molar-refractivity contribution < 1.29 is 14.2 Å². The van der Waals surface area contributed by atoms with Gasteiger partial charge in [-0.25, -0.2) is 0 Å². The molecule has 134 valence electrons. The van der Waals surface area contributed by atoms with Crippen LogP contribution in [-0.2, 0) is 4.74 Å². The third kappa shape index (κ3) is 6.17. The molecule has 1 heterocycles. The second kappa shape index (κ2) is 10.4.